The van der Waals surface area contributed by atoms with Crippen LogP contribution >= 0.6 is 11.8 Å². The number of pyridine rings is 1. The van der Waals surface area contributed by atoms with Crippen LogP contribution in [0.5, 0.6) is 0 Å². The van der Waals surface area contributed by atoms with Crippen molar-refractivity contribution in [1.82, 2.24) is 19.8 Å². The fraction of sp³-hybridized carbons (Fsp3) is 0.238. The number of thioether (sulfide) groups is 1. The van der Waals surface area contributed by atoms with Gasteiger partial charge in [-0.15, -0.1) is 11.8 Å². The first-order valence-corrected chi connectivity index (χ1v) is 10.3. The van der Waals surface area contributed by atoms with Crippen molar-refractivity contribution in [2.45, 2.75) is 13.0 Å². The number of amides is 2. The van der Waals surface area contributed by atoms with Gasteiger partial charge in [-0.2, -0.15) is 5.26 Å². The Morgan fingerprint density at radius 3 is 2.97 bits per heavy atom. The second-order valence-corrected chi connectivity index (χ2v) is 7.85. The number of aromatic nitrogens is 2. The van der Waals surface area contributed by atoms with Gasteiger partial charge in [-0.25, -0.2) is 0 Å². The summed E-state index contributed by atoms with van der Waals surface area (Å²) in [6.45, 7) is 1.88. The highest BCUT2D eigenvalue weighted by molar-refractivity contribution is 7.99. The molecule has 0 bridgehead atoms. The molecule has 3 heterocycles. The van der Waals surface area contributed by atoms with Gasteiger partial charge in [-0.05, 0) is 42.8 Å². The molecule has 29 heavy (non-hydrogen) atoms. The molecular weight excluding hydrogens is 386 g/mol. The predicted molar refractivity (Wildman–Crippen MR) is 112 cm³/mol. The third-order valence-electron chi connectivity index (χ3n) is 4.86. The number of hydrogen-bond acceptors (Lipinski definition) is 5. The molecule has 0 radical (unpaired) electrons. The van der Waals surface area contributed by atoms with Crippen LogP contribution < -0.4 is 5.32 Å². The molecule has 146 valence electrons. The summed E-state index contributed by atoms with van der Waals surface area (Å²) in [7, 11) is 0. The first kappa shape index (κ1) is 19.0. The highest BCUT2D eigenvalue weighted by Gasteiger charge is 2.29. The van der Waals surface area contributed by atoms with Crippen LogP contribution in [0.1, 0.15) is 15.9 Å². The third-order valence-corrected chi connectivity index (χ3v) is 5.87. The third kappa shape index (κ3) is 3.82. The average molecular weight is 405 g/mol. The first-order valence-electron chi connectivity index (χ1n) is 9.15. The maximum Gasteiger partial charge on any atom is 0.252 e. The van der Waals surface area contributed by atoms with Gasteiger partial charge in [0.05, 0.1) is 29.6 Å². The Labute approximate surface area is 172 Å². The summed E-state index contributed by atoms with van der Waals surface area (Å²) >= 11 is 1.54. The Bertz CT molecular complexity index is 1130. The van der Waals surface area contributed by atoms with E-state index in [1.165, 1.54) is 16.7 Å². The number of fused-ring (bicyclic) bond motifs is 1. The summed E-state index contributed by atoms with van der Waals surface area (Å²) in [4.78, 5) is 31.0. The van der Waals surface area contributed by atoms with Crippen molar-refractivity contribution in [2.24, 2.45) is 0 Å². The lowest BCUT2D eigenvalue weighted by Crippen LogP contribution is -2.42. The maximum absolute atomic E-state index is 12.8. The van der Waals surface area contributed by atoms with E-state index >= 15 is 0 Å². The minimum atomic E-state index is -0.432. The second kappa shape index (κ2) is 7.97. The molecule has 0 saturated carbocycles. The smallest absolute Gasteiger partial charge is 0.252 e. The molecule has 1 aromatic carbocycles. The van der Waals surface area contributed by atoms with Crippen LogP contribution in [0.25, 0.3) is 16.6 Å². The van der Waals surface area contributed by atoms with E-state index in [-0.39, 0.29) is 18.4 Å². The van der Waals surface area contributed by atoms with E-state index in [4.69, 9.17) is 5.26 Å². The van der Waals surface area contributed by atoms with Crippen LogP contribution in [-0.4, -0.2) is 50.5 Å². The molecule has 0 aliphatic carbocycles. The number of benzene rings is 1. The Morgan fingerprint density at radius 2 is 2.21 bits per heavy atom. The molecule has 0 unspecified atom stereocenters. The average Bonchev–Trinajstić information content (AvgIpc) is 3.39. The van der Waals surface area contributed by atoms with Gasteiger partial charge in [0.2, 0.25) is 5.91 Å². The van der Waals surface area contributed by atoms with Crippen molar-refractivity contribution in [3.8, 4) is 11.8 Å². The molecule has 0 spiro atoms. The molecular formula is C21H19N5O2S. The van der Waals surface area contributed by atoms with Gasteiger partial charge in [-0.3, -0.25) is 14.6 Å². The molecule has 1 atom stereocenters. The normalized spacial score (nSPS) is 16.0. The number of carbonyl (C=O) groups excluding carboxylic acids is 2. The zero-order chi connectivity index (χ0) is 20.4. The van der Waals surface area contributed by atoms with Crippen molar-refractivity contribution in [3.63, 3.8) is 0 Å². The van der Waals surface area contributed by atoms with E-state index in [9.17, 15) is 9.59 Å². The molecule has 2 aromatic heterocycles. The monoisotopic (exact) mass is 405 g/mol. The molecule has 1 aliphatic heterocycles. The van der Waals surface area contributed by atoms with Crippen LogP contribution in [-0.2, 0) is 4.79 Å². The number of nitriles is 1. The van der Waals surface area contributed by atoms with Crippen LogP contribution in [0.2, 0.25) is 0 Å². The van der Waals surface area contributed by atoms with Gasteiger partial charge in [0.25, 0.3) is 5.91 Å². The lowest BCUT2D eigenvalue weighted by molar-refractivity contribution is -0.129. The number of hydrogen-bond donors (Lipinski definition) is 1. The minimum absolute atomic E-state index is 0.141. The fourth-order valence-electron chi connectivity index (χ4n) is 3.30. The van der Waals surface area contributed by atoms with E-state index in [0.29, 0.717) is 28.1 Å². The SMILES string of the molecule is Cc1ccn(-c2ccc3nccc(C(=O)NCC(=O)N4CSC[C@H]4C#N)c3c2)c1. The number of nitrogens with one attached hydrogen (secondary N) is 1. The summed E-state index contributed by atoms with van der Waals surface area (Å²) in [5.41, 5.74) is 3.23. The molecule has 1 saturated heterocycles. The fourth-order valence-corrected chi connectivity index (χ4v) is 4.41. The summed E-state index contributed by atoms with van der Waals surface area (Å²) < 4.78 is 1.99. The van der Waals surface area contributed by atoms with Crippen LogP contribution in [0.3, 0.4) is 0 Å². The molecule has 1 aliphatic rings. The number of nitrogens with zero attached hydrogens (tertiary/aromatic N) is 4. The zero-order valence-corrected chi connectivity index (χ0v) is 16.6. The highest BCUT2D eigenvalue weighted by Crippen LogP contribution is 2.22. The molecule has 4 rings (SSSR count). The molecule has 1 N–H and O–H groups in total. The summed E-state index contributed by atoms with van der Waals surface area (Å²) in [5, 5.41) is 12.5. The lowest BCUT2D eigenvalue weighted by Gasteiger charge is -2.18. The van der Waals surface area contributed by atoms with Gasteiger partial charge in [-0.1, -0.05) is 0 Å². The summed E-state index contributed by atoms with van der Waals surface area (Å²) in [6, 6.07) is 11.1. The predicted octanol–water partition coefficient (Wildman–Crippen LogP) is 2.49. The zero-order valence-electron chi connectivity index (χ0n) is 15.8. The lowest BCUT2D eigenvalue weighted by atomic mass is 10.1. The summed E-state index contributed by atoms with van der Waals surface area (Å²) in [5.74, 6) is 0.487. The van der Waals surface area contributed by atoms with E-state index in [1.54, 1.807) is 12.3 Å². The molecule has 8 heteroatoms. The first-order chi connectivity index (χ1) is 14.1. The van der Waals surface area contributed by atoms with Gasteiger partial charge >= 0.3 is 0 Å². The highest BCUT2D eigenvalue weighted by atomic mass is 32.2. The van der Waals surface area contributed by atoms with E-state index in [2.05, 4.69) is 16.4 Å². The Balaban J connectivity index is 1.55. The van der Waals surface area contributed by atoms with Crippen molar-refractivity contribution < 1.29 is 9.59 Å². The van der Waals surface area contributed by atoms with Crippen molar-refractivity contribution in [3.05, 3.63) is 60.0 Å². The standard InChI is InChI=1S/C21H19N5O2S/c1-14-5-7-25(11-14)15-2-3-19-18(8-15)17(4-6-23-19)21(28)24-10-20(27)26-13-29-12-16(26)9-22/h2-8,11,16H,10,12-13H2,1H3,(H,24,28)/t16-/m1/s1. The second-order valence-electron chi connectivity index (χ2n) is 6.85. The number of aryl methyl sites for hydroxylation is 1. The molecule has 7 nitrogen and oxygen atoms in total. The van der Waals surface area contributed by atoms with E-state index < -0.39 is 6.04 Å². The number of carbonyl (C=O) groups is 2. The summed E-state index contributed by atoms with van der Waals surface area (Å²) in [6.07, 6.45) is 5.56. The van der Waals surface area contributed by atoms with E-state index in [1.807, 2.05) is 48.1 Å². The van der Waals surface area contributed by atoms with Crippen molar-refractivity contribution in [1.29, 1.82) is 5.26 Å². The quantitative estimate of drug-likeness (QED) is 0.720. The molecule has 3 aromatic rings. The maximum atomic E-state index is 12.8. The largest absolute Gasteiger partial charge is 0.343 e. The van der Waals surface area contributed by atoms with Crippen LogP contribution in [0.15, 0.2) is 48.9 Å². The van der Waals surface area contributed by atoms with Crippen LogP contribution in [0, 0.1) is 18.3 Å². The Hall–Kier alpha value is -3.31. The van der Waals surface area contributed by atoms with Gasteiger partial charge in [0, 0.05) is 35.4 Å². The Morgan fingerprint density at radius 1 is 1.34 bits per heavy atom. The van der Waals surface area contributed by atoms with Gasteiger partial charge < -0.3 is 14.8 Å². The number of rotatable bonds is 4. The molecule has 1 fully saturated rings. The minimum Gasteiger partial charge on any atom is -0.343 e. The van der Waals surface area contributed by atoms with Gasteiger partial charge in [0.1, 0.15) is 6.04 Å². The van der Waals surface area contributed by atoms with Crippen molar-refractivity contribution in [2.75, 3.05) is 18.2 Å². The van der Waals surface area contributed by atoms with Gasteiger partial charge in [0.15, 0.2) is 0 Å². The Kier molecular flexibility index (Phi) is 5.23. The topological polar surface area (TPSA) is 91.0 Å². The molecule has 2 amide bonds. The van der Waals surface area contributed by atoms with Crippen molar-refractivity contribution >= 4 is 34.5 Å². The van der Waals surface area contributed by atoms with Crippen LogP contribution in [0.4, 0.5) is 0 Å². The van der Waals surface area contributed by atoms with E-state index in [0.717, 1.165) is 11.3 Å².